The van der Waals surface area contributed by atoms with Gasteiger partial charge in [-0.3, -0.25) is 0 Å². The molecule has 17 heavy (non-hydrogen) atoms. The van der Waals surface area contributed by atoms with Gasteiger partial charge in [-0.05, 0) is 18.2 Å². The van der Waals surface area contributed by atoms with Crippen molar-refractivity contribution in [3.63, 3.8) is 0 Å². The normalized spacial score (nSPS) is 10.9. The molecule has 3 rings (SSSR count). The van der Waals surface area contributed by atoms with E-state index in [4.69, 9.17) is 0 Å². The molecule has 2 heterocycles. The molecule has 0 bridgehead atoms. The number of rotatable bonds is 2. The van der Waals surface area contributed by atoms with Crippen molar-refractivity contribution in [3.8, 4) is 5.82 Å². The zero-order chi connectivity index (χ0) is 11.7. The van der Waals surface area contributed by atoms with E-state index in [2.05, 4.69) is 38.1 Å². The number of halogens is 1. The predicted octanol–water partition coefficient (Wildman–Crippen LogP) is 3.32. The van der Waals surface area contributed by atoms with Crippen LogP contribution in [0.5, 0.6) is 0 Å². The lowest BCUT2D eigenvalue weighted by Gasteiger charge is -2.08. The van der Waals surface area contributed by atoms with Gasteiger partial charge < -0.3 is 0 Å². The summed E-state index contributed by atoms with van der Waals surface area (Å²) in [7, 11) is 0. The van der Waals surface area contributed by atoms with Crippen molar-refractivity contribution < 1.29 is 0 Å². The Kier molecular flexibility index (Phi) is 2.65. The highest BCUT2D eigenvalue weighted by Crippen LogP contribution is 2.21. The first-order valence-electron chi connectivity index (χ1n) is 5.33. The number of hydrogen-bond acceptors (Lipinski definition) is 2. The number of aromatic nitrogens is 3. The van der Waals surface area contributed by atoms with Crippen LogP contribution in [-0.4, -0.2) is 14.8 Å². The van der Waals surface area contributed by atoms with Crippen LogP contribution in [0, 0.1) is 0 Å². The van der Waals surface area contributed by atoms with E-state index < -0.39 is 0 Å². The summed E-state index contributed by atoms with van der Waals surface area (Å²) in [5, 5.41) is 6.15. The van der Waals surface area contributed by atoms with Gasteiger partial charge in [0.05, 0.1) is 5.52 Å². The van der Waals surface area contributed by atoms with Crippen LogP contribution in [0.4, 0.5) is 0 Å². The van der Waals surface area contributed by atoms with Crippen LogP contribution in [0.2, 0.25) is 0 Å². The molecule has 0 spiro atoms. The Morgan fingerprint density at radius 1 is 1.18 bits per heavy atom. The third kappa shape index (κ3) is 1.85. The molecule has 0 unspecified atom stereocenters. The minimum Gasteiger partial charge on any atom is -0.228 e. The summed E-state index contributed by atoms with van der Waals surface area (Å²) in [6.07, 6.45) is 3.66. The highest BCUT2D eigenvalue weighted by atomic mass is 79.9. The molecule has 0 fully saturated rings. The summed E-state index contributed by atoms with van der Waals surface area (Å²) in [6, 6.07) is 12.1. The summed E-state index contributed by atoms with van der Waals surface area (Å²) in [6.45, 7) is 0. The van der Waals surface area contributed by atoms with Gasteiger partial charge in [-0.2, -0.15) is 5.10 Å². The maximum atomic E-state index is 4.66. The van der Waals surface area contributed by atoms with Crippen LogP contribution >= 0.6 is 15.9 Å². The van der Waals surface area contributed by atoms with Crippen molar-refractivity contribution in [2.24, 2.45) is 0 Å². The lowest BCUT2D eigenvalue weighted by molar-refractivity contribution is 0.843. The Balaban J connectivity index is 2.29. The van der Waals surface area contributed by atoms with Gasteiger partial charge in [0.1, 0.15) is 0 Å². The lowest BCUT2D eigenvalue weighted by atomic mass is 10.1. The molecule has 3 aromatic rings. The van der Waals surface area contributed by atoms with Crippen LogP contribution in [0.3, 0.4) is 0 Å². The number of alkyl halides is 1. The van der Waals surface area contributed by atoms with Crippen molar-refractivity contribution in [2.75, 3.05) is 0 Å². The molecule has 0 saturated heterocycles. The molecule has 3 nitrogen and oxygen atoms in total. The van der Waals surface area contributed by atoms with Gasteiger partial charge in [0.15, 0.2) is 5.82 Å². The molecule has 1 aromatic carbocycles. The van der Waals surface area contributed by atoms with Crippen molar-refractivity contribution in [1.29, 1.82) is 0 Å². The fraction of sp³-hybridized carbons (Fsp3) is 0.0769. The van der Waals surface area contributed by atoms with Gasteiger partial charge in [-0.25, -0.2) is 9.67 Å². The van der Waals surface area contributed by atoms with E-state index in [0.29, 0.717) is 0 Å². The van der Waals surface area contributed by atoms with Crippen LogP contribution in [0.1, 0.15) is 5.56 Å². The van der Waals surface area contributed by atoms with Crippen LogP contribution in [0.25, 0.3) is 16.7 Å². The molecule has 0 N–H and O–H groups in total. The zero-order valence-corrected chi connectivity index (χ0v) is 10.6. The van der Waals surface area contributed by atoms with E-state index in [9.17, 15) is 0 Å². The number of para-hydroxylation sites is 1. The van der Waals surface area contributed by atoms with E-state index in [0.717, 1.165) is 27.6 Å². The molecule has 0 aliphatic carbocycles. The van der Waals surface area contributed by atoms with E-state index in [1.165, 1.54) is 0 Å². The maximum Gasteiger partial charge on any atom is 0.158 e. The van der Waals surface area contributed by atoms with Crippen molar-refractivity contribution in [1.82, 2.24) is 14.8 Å². The number of nitrogens with zero attached hydrogens (tertiary/aromatic N) is 3. The molecule has 0 aliphatic heterocycles. The van der Waals surface area contributed by atoms with Crippen molar-refractivity contribution in [2.45, 2.75) is 5.33 Å². The minimum absolute atomic E-state index is 0.764. The van der Waals surface area contributed by atoms with Crippen LogP contribution in [0.15, 0.2) is 48.8 Å². The third-order valence-electron chi connectivity index (χ3n) is 2.65. The highest BCUT2D eigenvalue weighted by molar-refractivity contribution is 9.08. The standard InChI is InChI=1S/C13H10BrN3/c14-9-11-8-10-4-1-2-5-12(10)16-13(11)17-7-3-6-15-17/h1-8H,9H2. The Hall–Kier alpha value is -1.68. The molecule has 2 aromatic heterocycles. The summed E-state index contributed by atoms with van der Waals surface area (Å²) >= 11 is 3.50. The smallest absolute Gasteiger partial charge is 0.158 e. The van der Waals surface area contributed by atoms with E-state index in [1.807, 2.05) is 30.5 Å². The number of hydrogen-bond donors (Lipinski definition) is 0. The Bertz CT molecular complexity index is 647. The summed E-state index contributed by atoms with van der Waals surface area (Å²) in [5.74, 6) is 0.880. The van der Waals surface area contributed by atoms with Crippen LogP contribution in [-0.2, 0) is 5.33 Å². The highest BCUT2D eigenvalue weighted by Gasteiger charge is 2.07. The average molecular weight is 288 g/mol. The molecule has 4 heteroatoms. The topological polar surface area (TPSA) is 30.7 Å². The van der Waals surface area contributed by atoms with Gasteiger partial charge in [0.25, 0.3) is 0 Å². The molecule has 0 amide bonds. The lowest BCUT2D eigenvalue weighted by Crippen LogP contribution is -2.02. The summed E-state index contributed by atoms with van der Waals surface area (Å²) in [5.41, 5.74) is 2.12. The van der Waals surface area contributed by atoms with Gasteiger partial charge in [-0.15, -0.1) is 0 Å². The first kappa shape index (κ1) is 10.5. The molecule has 0 radical (unpaired) electrons. The maximum absolute atomic E-state index is 4.66. The summed E-state index contributed by atoms with van der Waals surface area (Å²) < 4.78 is 1.79. The molecular weight excluding hydrogens is 278 g/mol. The Morgan fingerprint density at radius 3 is 2.82 bits per heavy atom. The quantitative estimate of drug-likeness (QED) is 0.677. The van der Waals surface area contributed by atoms with Crippen LogP contribution < -0.4 is 0 Å². The van der Waals surface area contributed by atoms with E-state index in [1.54, 1.807) is 10.9 Å². The Morgan fingerprint density at radius 2 is 2.06 bits per heavy atom. The van der Waals surface area contributed by atoms with Gasteiger partial charge in [0.2, 0.25) is 0 Å². The average Bonchev–Trinajstić information content (AvgIpc) is 2.91. The largest absolute Gasteiger partial charge is 0.228 e. The van der Waals surface area contributed by atoms with Crippen molar-refractivity contribution >= 4 is 26.8 Å². The fourth-order valence-electron chi connectivity index (χ4n) is 1.84. The first-order chi connectivity index (χ1) is 8.38. The van der Waals surface area contributed by atoms with Gasteiger partial charge >= 0.3 is 0 Å². The molecule has 0 aliphatic rings. The SMILES string of the molecule is BrCc1cc2ccccc2nc1-n1cccn1. The van der Waals surface area contributed by atoms with E-state index in [-0.39, 0.29) is 0 Å². The third-order valence-corrected chi connectivity index (χ3v) is 3.25. The second kappa shape index (κ2) is 4.30. The molecule has 84 valence electrons. The van der Waals surface area contributed by atoms with Gasteiger partial charge in [-0.1, -0.05) is 34.1 Å². The summed E-state index contributed by atoms with van der Waals surface area (Å²) in [4.78, 5) is 4.66. The number of pyridine rings is 1. The zero-order valence-electron chi connectivity index (χ0n) is 9.05. The van der Waals surface area contributed by atoms with E-state index >= 15 is 0 Å². The fourth-order valence-corrected chi connectivity index (χ4v) is 2.25. The molecule has 0 atom stereocenters. The van der Waals surface area contributed by atoms with Crippen molar-refractivity contribution in [3.05, 3.63) is 54.4 Å². The molecule has 0 saturated carbocycles. The molecular formula is C13H10BrN3. The number of fused-ring (bicyclic) bond motifs is 1. The second-order valence-electron chi connectivity index (χ2n) is 3.75. The van der Waals surface area contributed by atoms with Gasteiger partial charge in [0, 0.05) is 28.7 Å². The second-order valence-corrected chi connectivity index (χ2v) is 4.31. The minimum atomic E-state index is 0.764. The number of benzene rings is 1. The first-order valence-corrected chi connectivity index (χ1v) is 6.45. The monoisotopic (exact) mass is 287 g/mol. The predicted molar refractivity (Wildman–Crippen MR) is 71.5 cm³/mol. The Labute approximate surface area is 107 Å².